The van der Waals surface area contributed by atoms with Crippen LogP contribution in [-0.2, 0) is 26.0 Å². The first-order valence-corrected chi connectivity index (χ1v) is 12.1. The van der Waals surface area contributed by atoms with Gasteiger partial charge in [-0.3, -0.25) is 9.59 Å². The molecule has 1 aliphatic rings. The van der Waals surface area contributed by atoms with Gasteiger partial charge in [0.25, 0.3) is 0 Å². The number of halogens is 1. The first kappa shape index (κ1) is 23.9. The van der Waals surface area contributed by atoms with Gasteiger partial charge in [-0.1, -0.05) is 6.42 Å². The molecule has 0 radical (unpaired) electrons. The Kier molecular flexibility index (Phi) is 8.03. The van der Waals surface area contributed by atoms with Gasteiger partial charge in [0.15, 0.2) is 0 Å². The summed E-state index contributed by atoms with van der Waals surface area (Å²) in [5.41, 5.74) is 0.355. The van der Waals surface area contributed by atoms with Crippen molar-refractivity contribution < 1.29 is 26.8 Å². The lowest BCUT2D eigenvalue weighted by molar-refractivity contribution is -0.139. The zero-order chi connectivity index (χ0) is 23.1. The van der Waals surface area contributed by atoms with E-state index in [1.807, 2.05) is 0 Å². The van der Waals surface area contributed by atoms with Crippen LogP contribution in [0.25, 0.3) is 0 Å². The summed E-state index contributed by atoms with van der Waals surface area (Å²) in [7, 11) is -3.79. The van der Waals surface area contributed by atoms with Gasteiger partial charge in [0.05, 0.1) is 11.2 Å². The van der Waals surface area contributed by atoms with Crippen molar-refractivity contribution in [3.05, 3.63) is 53.7 Å². The predicted octanol–water partition coefficient (Wildman–Crippen LogP) is 2.14. The standard InChI is InChI=1S/C22H28FN3O5S/c1-16-15-17(23)7-8-20(16)32(29,30)26-13-3-2-5-18(26)9-11-24-21(27)22(28)25-12-10-19-6-4-14-31-19/h4,6-8,14-15,18H,2-3,5,9-13H2,1H3,(H,24,27)(H,25,28)/t18-/m0/s1. The van der Waals surface area contributed by atoms with Crippen LogP contribution in [0.1, 0.15) is 37.0 Å². The van der Waals surface area contributed by atoms with Gasteiger partial charge in [0, 0.05) is 32.1 Å². The Morgan fingerprint density at radius 1 is 1.16 bits per heavy atom. The molecule has 2 heterocycles. The summed E-state index contributed by atoms with van der Waals surface area (Å²) in [4.78, 5) is 24.1. The van der Waals surface area contributed by atoms with Gasteiger partial charge in [0.1, 0.15) is 11.6 Å². The number of hydrogen-bond donors (Lipinski definition) is 2. The summed E-state index contributed by atoms with van der Waals surface area (Å²) in [5.74, 6) is -1.28. The molecule has 2 aromatic rings. The molecule has 1 aliphatic heterocycles. The van der Waals surface area contributed by atoms with Crippen molar-refractivity contribution in [3.63, 3.8) is 0 Å². The third kappa shape index (κ3) is 5.95. The van der Waals surface area contributed by atoms with Crippen LogP contribution in [0.3, 0.4) is 0 Å². The normalized spacial score (nSPS) is 17.1. The topological polar surface area (TPSA) is 109 Å². The van der Waals surface area contributed by atoms with Crippen LogP contribution in [0.15, 0.2) is 45.9 Å². The zero-order valence-corrected chi connectivity index (χ0v) is 18.8. The van der Waals surface area contributed by atoms with Gasteiger partial charge < -0.3 is 15.1 Å². The predicted molar refractivity (Wildman–Crippen MR) is 116 cm³/mol. The quantitative estimate of drug-likeness (QED) is 0.581. The minimum atomic E-state index is -3.79. The number of furan rings is 1. The molecule has 1 fully saturated rings. The largest absolute Gasteiger partial charge is 0.469 e. The van der Waals surface area contributed by atoms with Crippen molar-refractivity contribution in [2.24, 2.45) is 0 Å². The molecule has 1 aromatic heterocycles. The van der Waals surface area contributed by atoms with Crippen molar-refractivity contribution in [2.45, 2.75) is 50.0 Å². The maximum absolute atomic E-state index is 13.4. The molecule has 174 valence electrons. The number of carbonyl (C=O) groups is 2. The molecule has 2 amide bonds. The van der Waals surface area contributed by atoms with Crippen molar-refractivity contribution >= 4 is 21.8 Å². The molecule has 0 bridgehead atoms. The lowest BCUT2D eigenvalue weighted by atomic mass is 10.0. The van der Waals surface area contributed by atoms with Crippen molar-refractivity contribution in [1.82, 2.24) is 14.9 Å². The average molecular weight is 466 g/mol. The number of benzene rings is 1. The molecular formula is C22H28FN3O5S. The zero-order valence-electron chi connectivity index (χ0n) is 18.0. The highest BCUT2D eigenvalue weighted by molar-refractivity contribution is 7.89. The maximum Gasteiger partial charge on any atom is 0.309 e. The van der Waals surface area contributed by atoms with Crippen LogP contribution in [0.2, 0.25) is 0 Å². The van der Waals surface area contributed by atoms with Crippen LogP contribution in [0, 0.1) is 12.7 Å². The Balaban J connectivity index is 1.52. The fourth-order valence-electron chi connectivity index (χ4n) is 3.87. The first-order valence-electron chi connectivity index (χ1n) is 10.7. The fourth-order valence-corrected chi connectivity index (χ4v) is 5.81. The minimum absolute atomic E-state index is 0.0887. The Morgan fingerprint density at radius 2 is 1.91 bits per heavy atom. The van der Waals surface area contributed by atoms with E-state index >= 15 is 0 Å². The molecule has 0 unspecified atom stereocenters. The van der Waals surface area contributed by atoms with Crippen LogP contribution in [-0.4, -0.2) is 50.2 Å². The van der Waals surface area contributed by atoms with E-state index in [0.717, 1.165) is 18.9 Å². The second-order valence-electron chi connectivity index (χ2n) is 7.81. The summed E-state index contributed by atoms with van der Waals surface area (Å²) in [6.07, 6.45) is 4.66. The van der Waals surface area contributed by atoms with Crippen molar-refractivity contribution in [1.29, 1.82) is 0 Å². The van der Waals surface area contributed by atoms with E-state index in [1.165, 1.54) is 22.7 Å². The van der Waals surface area contributed by atoms with Crippen LogP contribution in [0.5, 0.6) is 0 Å². The lowest BCUT2D eigenvalue weighted by Crippen LogP contribution is -2.46. The average Bonchev–Trinajstić information content (AvgIpc) is 3.27. The second kappa shape index (κ2) is 10.7. The number of sulfonamides is 1. The summed E-state index contributed by atoms with van der Waals surface area (Å²) in [5, 5.41) is 5.09. The number of nitrogens with one attached hydrogen (secondary N) is 2. The Bertz CT molecular complexity index is 1040. The number of amides is 2. The fraction of sp³-hybridized carbons (Fsp3) is 0.455. The smallest absolute Gasteiger partial charge is 0.309 e. The van der Waals surface area contributed by atoms with Crippen LogP contribution >= 0.6 is 0 Å². The first-order chi connectivity index (χ1) is 15.3. The van der Waals surface area contributed by atoms with Gasteiger partial charge in [-0.05, 0) is 62.1 Å². The molecule has 8 nitrogen and oxygen atoms in total. The molecule has 1 aromatic carbocycles. The molecule has 1 saturated heterocycles. The Hall–Kier alpha value is -2.72. The Morgan fingerprint density at radius 3 is 2.59 bits per heavy atom. The molecule has 10 heteroatoms. The third-order valence-electron chi connectivity index (χ3n) is 5.50. The lowest BCUT2D eigenvalue weighted by Gasteiger charge is -2.35. The van der Waals surface area contributed by atoms with E-state index in [1.54, 1.807) is 19.1 Å². The summed E-state index contributed by atoms with van der Waals surface area (Å²) >= 11 is 0. The van der Waals surface area contributed by atoms with Gasteiger partial charge in [-0.25, -0.2) is 12.8 Å². The van der Waals surface area contributed by atoms with E-state index in [4.69, 9.17) is 4.42 Å². The van der Waals surface area contributed by atoms with Gasteiger partial charge in [-0.15, -0.1) is 0 Å². The number of aryl methyl sites for hydroxylation is 1. The highest BCUT2D eigenvalue weighted by Gasteiger charge is 2.34. The van der Waals surface area contributed by atoms with Gasteiger partial charge in [0.2, 0.25) is 10.0 Å². The number of nitrogens with zero attached hydrogens (tertiary/aromatic N) is 1. The van der Waals surface area contributed by atoms with Gasteiger partial charge >= 0.3 is 11.8 Å². The number of piperidine rings is 1. The molecule has 0 saturated carbocycles. The van der Waals surface area contributed by atoms with E-state index < -0.39 is 27.7 Å². The molecule has 1 atom stereocenters. The summed E-state index contributed by atoms with van der Waals surface area (Å²) in [6.45, 7) is 2.37. The number of rotatable bonds is 8. The highest BCUT2D eigenvalue weighted by Crippen LogP contribution is 2.28. The molecule has 2 N–H and O–H groups in total. The summed E-state index contributed by atoms with van der Waals surface area (Å²) < 4.78 is 46.4. The molecule has 0 aliphatic carbocycles. The van der Waals surface area contributed by atoms with Gasteiger partial charge in [-0.2, -0.15) is 4.31 Å². The molecule has 3 rings (SSSR count). The second-order valence-corrected chi connectivity index (χ2v) is 9.66. The Labute approximate surface area is 187 Å². The number of carbonyl (C=O) groups excluding carboxylic acids is 2. The molecule has 32 heavy (non-hydrogen) atoms. The van der Waals surface area contributed by atoms with E-state index in [0.29, 0.717) is 37.1 Å². The molecular weight excluding hydrogens is 437 g/mol. The van der Waals surface area contributed by atoms with Crippen molar-refractivity contribution in [2.75, 3.05) is 19.6 Å². The summed E-state index contributed by atoms with van der Waals surface area (Å²) in [6, 6.07) is 6.86. The van der Waals surface area contributed by atoms with E-state index in [-0.39, 0.29) is 24.0 Å². The number of hydrogen-bond acceptors (Lipinski definition) is 5. The van der Waals surface area contributed by atoms with E-state index in [2.05, 4.69) is 10.6 Å². The van der Waals surface area contributed by atoms with Crippen molar-refractivity contribution in [3.8, 4) is 0 Å². The monoisotopic (exact) mass is 465 g/mol. The third-order valence-corrected chi connectivity index (χ3v) is 7.62. The SMILES string of the molecule is Cc1cc(F)ccc1S(=O)(=O)N1CCCC[C@H]1CCNC(=O)C(=O)NCCc1ccco1. The maximum atomic E-state index is 13.4. The minimum Gasteiger partial charge on any atom is -0.469 e. The highest BCUT2D eigenvalue weighted by atomic mass is 32.2. The van der Waals surface area contributed by atoms with Crippen LogP contribution < -0.4 is 10.6 Å². The van der Waals surface area contributed by atoms with E-state index in [9.17, 15) is 22.4 Å². The van der Waals surface area contributed by atoms with Crippen LogP contribution in [0.4, 0.5) is 4.39 Å². The molecule has 0 spiro atoms.